The lowest BCUT2D eigenvalue weighted by molar-refractivity contribution is -0.00293. The van der Waals surface area contributed by atoms with Crippen LogP contribution in [0.1, 0.15) is 27.9 Å². The molecule has 0 amide bonds. The van der Waals surface area contributed by atoms with Crippen LogP contribution in [0.25, 0.3) is 0 Å². The zero-order valence-electron chi connectivity index (χ0n) is 14.9. The number of phenolic OH excluding ortho intramolecular Hbond substituents is 1. The van der Waals surface area contributed by atoms with Crippen LogP contribution in [0.15, 0.2) is 74.6 Å². The van der Waals surface area contributed by atoms with Crippen LogP contribution in [0, 0.1) is 0 Å². The maximum atomic E-state index is 12.6. The highest BCUT2D eigenvalue weighted by Crippen LogP contribution is 2.57. The molecule has 1 atom stereocenters. The molecule has 0 aromatic heterocycles. The molecule has 29 heavy (non-hydrogen) atoms. The molecule has 2 N–H and O–H groups in total. The predicted molar refractivity (Wildman–Crippen MR) is 113 cm³/mol. The Morgan fingerprint density at radius 3 is 2.66 bits per heavy atom. The number of ketones is 1. The second kappa shape index (κ2) is 6.58. The van der Waals surface area contributed by atoms with E-state index in [1.807, 2.05) is 24.3 Å². The van der Waals surface area contributed by atoms with Crippen LogP contribution in [-0.2, 0) is 10.3 Å². The first-order valence-electron chi connectivity index (χ1n) is 8.91. The van der Waals surface area contributed by atoms with Gasteiger partial charge in [-0.15, -0.1) is 0 Å². The van der Waals surface area contributed by atoms with Crippen molar-refractivity contribution in [3.63, 3.8) is 0 Å². The smallest absolute Gasteiger partial charge is 0.188 e. The summed E-state index contributed by atoms with van der Waals surface area (Å²) < 4.78 is 13.3. The third-order valence-corrected chi connectivity index (χ3v) is 6.94. The van der Waals surface area contributed by atoms with Crippen molar-refractivity contribution in [2.75, 3.05) is 6.61 Å². The second-order valence-corrected chi connectivity index (χ2v) is 8.52. The van der Waals surface area contributed by atoms with E-state index in [1.165, 1.54) is 0 Å². The maximum Gasteiger partial charge on any atom is 0.188 e. The minimum Gasteiger partial charge on any atom is -0.507 e. The standard InChI is InChI=1S/C22H14Br2O5/c23-18-15(25)7-3-6-13-20(18)29-21-14(8-9-16(26)19(21)24)22(13)12-5-2-1-4-11(12)17(27)10-28-22/h1-5,7-9,25-26H,6,10H2. The van der Waals surface area contributed by atoms with E-state index >= 15 is 0 Å². The van der Waals surface area contributed by atoms with Crippen LogP contribution in [0.3, 0.4) is 0 Å². The van der Waals surface area contributed by atoms with Crippen LogP contribution >= 0.6 is 31.9 Å². The van der Waals surface area contributed by atoms with Crippen molar-refractivity contribution >= 4 is 37.6 Å². The summed E-state index contributed by atoms with van der Waals surface area (Å²) in [6.45, 7) is -0.0945. The number of hydrogen-bond acceptors (Lipinski definition) is 5. The van der Waals surface area contributed by atoms with Crippen molar-refractivity contribution in [1.29, 1.82) is 0 Å². The zero-order chi connectivity index (χ0) is 20.3. The molecule has 1 unspecified atom stereocenters. The lowest BCUT2D eigenvalue weighted by Gasteiger charge is -2.44. The van der Waals surface area contributed by atoms with Gasteiger partial charge < -0.3 is 19.7 Å². The van der Waals surface area contributed by atoms with Crippen molar-refractivity contribution in [3.05, 3.63) is 91.3 Å². The minimum atomic E-state index is -1.10. The monoisotopic (exact) mass is 516 g/mol. The van der Waals surface area contributed by atoms with E-state index < -0.39 is 5.60 Å². The fourth-order valence-corrected chi connectivity index (χ4v) is 5.01. The van der Waals surface area contributed by atoms with Crippen molar-refractivity contribution in [1.82, 2.24) is 0 Å². The number of rotatable bonds is 0. The maximum absolute atomic E-state index is 12.6. The Kier molecular flexibility index (Phi) is 4.24. The molecule has 0 radical (unpaired) electrons. The molecular weight excluding hydrogens is 504 g/mol. The van der Waals surface area contributed by atoms with Crippen molar-refractivity contribution in [2.45, 2.75) is 12.0 Å². The van der Waals surface area contributed by atoms with Crippen molar-refractivity contribution in [3.8, 4) is 11.5 Å². The number of fused-ring (bicyclic) bond motifs is 5. The van der Waals surface area contributed by atoms with Gasteiger partial charge in [-0.3, -0.25) is 4.79 Å². The van der Waals surface area contributed by atoms with Gasteiger partial charge in [-0.1, -0.05) is 30.3 Å². The second-order valence-electron chi connectivity index (χ2n) is 6.93. The molecule has 5 nitrogen and oxygen atoms in total. The molecule has 3 aliphatic rings. The van der Waals surface area contributed by atoms with E-state index in [2.05, 4.69) is 31.9 Å². The Morgan fingerprint density at radius 1 is 1.03 bits per heavy atom. The number of halogens is 2. The molecule has 146 valence electrons. The summed E-state index contributed by atoms with van der Waals surface area (Å²) in [4.78, 5) is 12.6. The fourth-order valence-electron chi connectivity index (χ4n) is 4.14. The summed E-state index contributed by atoms with van der Waals surface area (Å²) in [5, 5.41) is 20.6. The number of hydrogen-bond donors (Lipinski definition) is 2. The van der Waals surface area contributed by atoms with Crippen molar-refractivity contribution < 1.29 is 24.5 Å². The average molecular weight is 518 g/mol. The molecule has 0 fully saturated rings. The average Bonchev–Trinajstić information content (AvgIpc) is 2.87. The number of carbonyl (C=O) groups is 1. The molecular formula is C22H14Br2O5. The minimum absolute atomic E-state index is 0.0131. The highest BCUT2D eigenvalue weighted by Gasteiger charge is 2.51. The summed E-state index contributed by atoms with van der Waals surface area (Å²) in [5.74, 6) is 0.708. The van der Waals surface area contributed by atoms with Crippen LogP contribution in [0.5, 0.6) is 11.5 Å². The number of benzene rings is 2. The largest absolute Gasteiger partial charge is 0.507 e. The molecule has 0 saturated heterocycles. The van der Waals surface area contributed by atoms with Crippen molar-refractivity contribution in [2.24, 2.45) is 0 Å². The van der Waals surface area contributed by atoms with E-state index in [0.717, 1.165) is 5.57 Å². The first kappa shape index (κ1) is 18.7. The van der Waals surface area contributed by atoms with E-state index in [9.17, 15) is 15.0 Å². The molecule has 2 aromatic rings. The summed E-state index contributed by atoms with van der Waals surface area (Å²) >= 11 is 6.85. The lowest BCUT2D eigenvalue weighted by atomic mass is 9.73. The van der Waals surface area contributed by atoms with Gasteiger partial charge in [-0.2, -0.15) is 0 Å². The number of allylic oxidation sites excluding steroid dienone is 3. The molecule has 1 spiro atoms. The van der Waals surface area contributed by atoms with Crippen LogP contribution in [-0.4, -0.2) is 22.6 Å². The van der Waals surface area contributed by atoms with Gasteiger partial charge in [-0.25, -0.2) is 0 Å². The van der Waals surface area contributed by atoms with Gasteiger partial charge in [0.2, 0.25) is 0 Å². The van der Waals surface area contributed by atoms with Gasteiger partial charge in [0.15, 0.2) is 11.5 Å². The molecule has 5 rings (SSSR count). The number of aliphatic hydroxyl groups excluding tert-OH is 1. The number of aromatic hydroxyl groups is 1. The topological polar surface area (TPSA) is 76.0 Å². The normalized spacial score (nSPS) is 22.8. The quantitative estimate of drug-likeness (QED) is 0.490. The summed E-state index contributed by atoms with van der Waals surface area (Å²) in [6, 6.07) is 10.7. The molecule has 2 aromatic carbocycles. The Morgan fingerprint density at radius 2 is 1.83 bits per heavy atom. The van der Waals surface area contributed by atoms with E-state index in [0.29, 0.717) is 43.6 Å². The summed E-state index contributed by atoms with van der Waals surface area (Å²) in [6.07, 6.45) is 3.86. The SMILES string of the molecule is O=C1COC2(C3=C(Oc4c2ccc(O)c4Br)C(Br)=C(O)C=CC3)c2ccccc21. The number of aliphatic hydroxyl groups is 1. The van der Waals surface area contributed by atoms with Gasteiger partial charge in [0.05, 0.1) is 0 Å². The van der Waals surface area contributed by atoms with E-state index in [-0.39, 0.29) is 23.9 Å². The molecule has 0 bridgehead atoms. The third kappa shape index (κ3) is 2.51. The molecule has 2 aliphatic heterocycles. The first-order chi connectivity index (χ1) is 13.9. The van der Waals surface area contributed by atoms with Crippen LogP contribution < -0.4 is 4.74 Å². The predicted octanol–water partition coefficient (Wildman–Crippen LogP) is 5.38. The van der Waals surface area contributed by atoms with E-state index in [1.54, 1.807) is 24.3 Å². The molecule has 1 aliphatic carbocycles. The van der Waals surface area contributed by atoms with Gasteiger partial charge >= 0.3 is 0 Å². The number of Topliss-reactive ketones (excluding diaryl/α,β-unsaturated/α-hetero) is 1. The highest BCUT2D eigenvalue weighted by molar-refractivity contribution is 9.12. The summed E-state index contributed by atoms with van der Waals surface area (Å²) in [7, 11) is 0. The van der Waals surface area contributed by atoms with Gasteiger partial charge in [0.1, 0.15) is 38.4 Å². The fraction of sp³-hybridized carbons (Fsp3) is 0.136. The highest BCUT2D eigenvalue weighted by atomic mass is 79.9. The Bertz CT molecular complexity index is 1180. The first-order valence-corrected chi connectivity index (χ1v) is 10.5. The van der Waals surface area contributed by atoms with Gasteiger partial charge in [0, 0.05) is 22.3 Å². The molecule has 2 heterocycles. The number of phenols is 1. The third-order valence-electron chi connectivity index (χ3n) is 5.41. The molecule has 7 heteroatoms. The Labute approximate surface area is 183 Å². The zero-order valence-corrected chi connectivity index (χ0v) is 18.1. The van der Waals surface area contributed by atoms with Gasteiger partial charge in [-0.05, 0) is 56.5 Å². The summed E-state index contributed by atoms with van der Waals surface area (Å²) in [5.41, 5.74) is 1.63. The Balaban J connectivity index is 1.93. The number of carbonyl (C=O) groups excluding carboxylic acids is 1. The Hall–Kier alpha value is -2.35. The number of ether oxygens (including phenoxy) is 2. The lowest BCUT2D eigenvalue weighted by Crippen LogP contribution is -2.44. The van der Waals surface area contributed by atoms with Crippen LogP contribution in [0.4, 0.5) is 0 Å². The van der Waals surface area contributed by atoms with Crippen LogP contribution in [0.2, 0.25) is 0 Å². The van der Waals surface area contributed by atoms with Gasteiger partial charge in [0.25, 0.3) is 0 Å². The van der Waals surface area contributed by atoms with E-state index in [4.69, 9.17) is 9.47 Å². The molecule has 0 saturated carbocycles.